The van der Waals surface area contributed by atoms with Gasteiger partial charge in [0.1, 0.15) is 0 Å². The normalized spacial score (nSPS) is 12.2. The van der Waals surface area contributed by atoms with E-state index >= 15 is 0 Å². The van der Waals surface area contributed by atoms with Gasteiger partial charge in [-0.1, -0.05) is 18.2 Å². The number of fused-ring (bicyclic) bond motifs is 1. The predicted molar refractivity (Wildman–Crippen MR) is 91.7 cm³/mol. The zero-order chi connectivity index (χ0) is 17.0. The van der Waals surface area contributed by atoms with Crippen LogP contribution in [0.3, 0.4) is 0 Å². The molecule has 0 aliphatic rings. The molecule has 7 heteroatoms. The molecule has 0 spiro atoms. The predicted octanol–water partition coefficient (Wildman–Crippen LogP) is 1.50. The Morgan fingerprint density at radius 3 is 2.65 bits per heavy atom. The Hall–Kier alpha value is -1.86. The van der Waals surface area contributed by atoms with Gasteiger partial charge in [0.2, 0.25) is 15.9 Å². The molecular weight excluding hydrogens is 314 g/mol. The average molecular weight is 337 g/mol. The highest BCUT2D eigenvalue weighted by Crippen LogP contribution is 2.17. The van der Waals surface area contributed by atoms with Crippen LogP contribution in [0.25, 0.3) is 10.9 Å². The summed E-state index contributed by atoms with van der Waals surface area (Å²) in [6.45, 7) is 4.20. The van der Waals surface area contributed by atoms with Crippen molar-refractivity contribution in [3.63, 3.8) is 0 Å². The highest BCUT2D eigenvalue weighted by atomic mass is 32.2. The summed E-state index contributed by atoms with van der Waals surface area (Å²) in [5.41, 5.74) is 1.93. The van der Waals surface area contributed by atoms with Crippen LogP contribution >= 0.6 is 0 Å². The molecule has 0 unspecified atom stereocenters. The van der Waals surface area contributed by atoms with Gasteiger partial charge < -0.3 is 10.3 Å². The molecule has 126 valence electrons. The summed E-state index contributed by atoms with van der Waals surface area (Å²) in [5.74, 6) is -0.119. The van der Waals surface area contributed by atoms with E-state index in [0.29, 0.717) is 6.54 Å². The highest BCUT2D eigenvalue weighted by Gasteiger charge is 2.19. The van der Waals surface area contributed by atoms with E-state index in [1.54, 1.807) is 0 Å². The largest absolute Gasteiger partial charge is 0.361 e. The van der Waals surface area contributed by atoms with Gasteiger partial charge in [-0.25, -0.2) is 8.42 Å². The van der Waals surface area contributed by atoms with E-state index in [1.807, 2.05) is 44.3 Å². The summed E-state index contributed by atoms with van der Waals surface area (Å²) < 4.78 is 24.7. The van der Waals surface area contributed by atoms with Crippen LogP contribution in [0.5, 0.6) is 0 Å². The molecule has 1 amide bonds. The molecule has 2 aromatic rings. The van der Waals surface area contributed by atoms with E-state index in [-0.39, 0.29) is 24.9 Å². The molecule has 0 bridgehead atoms. The third-order valence-electron chi connectivity index (χ3n) is 3.68. The van der Waals surface area contributed by atoms with Crippen molar-refractivity contribution in [2.45, 2.75) is 26.3 Å². The second kappa shape index (κ2) is 7.14. The Kier molecular flexibility index (Phi) is 5.43. The van der Waals surface area contributed by atoms with Crippen LogP contribution in [0.15, 0.2) is 30.5 Å². The van der Waals surface area contributed by atoms with E-state index < -0.39 is 10.0 Å². The van der Waals surface area contributed by atoms with Gasteiger partial charge in [-0.2, -0.15) is 4.31 Å². The first-order chi connectivity index (χ1) is 10.8. The van der Waals surface area contributed by atoms with Crippen LogP contribution in [0.1, 0.15) is 19.4 Å². The Morgan fingerprint density at radius 1 is 1.30 bits per heavy atom. The van der Waals surface area contributed by atoms with Gasteiger partial charge in [-0.15, -0.1) is 0 Å². The summed E-state index contributed by atoms with van der Waals surface area (Å²) in [4.78, 5) is 15.2. The number of rotatable bonds is 7. The smallest absolute Gasteiger partial charge is 0.224 e. The third kappa shape index (κ3) is 4.56. The maximum absolute atomic E-state index is 12.1. The highest BCUT2D eigenvalue weighted by molar-refractivity contribution is 7.88. The molecule has 0 fully saturated rings. The lowest BCUT2D eigenvalue weighted by atomic mass is 10.1. The summed E-state index contributed by atoms with van der Waals surface area (Å²) in [5, 5.41) is 3.81. The molecule has 1 aromatic heterocycles. The van der Waals surface area contributed by atoms with Crippen LogP contribution in [0.4, 0.5) is 0 Å². The van der Waals surface area contributed by atoms with E-state index in [1.165, 1.54) is 10.6 Å². The number of hydrogen-bond donors (Lipinski definition) is 2. The van der Waals surface area contributed by atoms with E-state index in [9.17, 15) is 13.2 Å². The van der Waals surface area contributed by atoms with Crippen LogP contribution in [0, 0.1) is 0 Å². The molecule has 0 aliphatic carbocycles. The second-order valence-corrected chi connectivity index (χ2v) is 7.79. The van der Waals surface area contributed by atoms with Gasteiger partial charge >= 0.3 is 0 Å². The fourth-order valence-corrected chi connectivity index (χ4v) is 3.81. The van der Waals surface area contributed by atoms with Crippen molar-refractivity contribution in [2.75, 3.05) is 19.3 Å². The molecule has 1 aromatic carbocycles. The van der Waals surface area contributed by atoms with Crippen LogP contribution in [0.2, 0.25) is 0 Å². The minimum absolute atomic E-state index is 0.119. The number of carbonyl (C=O) groups excluding carboxylic acids is 1. The average Bonchev–Trinajstić information content (AvgIpc) is 2.85. The Balaban J connectivity index is 1.90. The molecule has 0 saturated heterocycles. The number of carbonyl (C=O) groups is 1. The summed E-state index contributed by atoms with van der Waals surface area (Å²) in [6.07, 6.45) is 3.28. The molecule has 2 rings (SSSR count). The van der Waals surface area contributed by atoms with Crippen molar-refractivity contribution in [3.8, 4) is 0 Å². The maximum atomic E-state index is 12.1. The van der Waals surface area contributed by atoms with Crippen LogP contribution in [-0.4, -0.2) is 49.0 Å². The standard InChI is InChI=1S/C16H23N3O3S/c1-12(2)19(23(3,21)22)9-8-17-16(20)10-13-11-18-15-7-5-4-6-14(13)15/h4-7,11-12,18H,8-10H2,1-3H3,(H,17,20). The Labute approximate surface area is 136 Å². The van der Waals surface area contributed by atoms with Crippen molar-refractivity contribution in [1.82, 2.24) is 14.6 Å². The third-order valence-corrected chi connectivity index (χ3v) is 5.14. The van der Waals surface area contributed by atoms with E-state index in [2.05, 4.69) is 10.3 Å². The van der Waals surface area contributed by atoms with Gasteiger partial charge in [-0.05, 0) is 25.5 Å². The molecule has 0 aliphatic heterocycles. The lowest BCUT2D eigenvalue weighted by molar-refractivity contribution is -0.120. The number of hydrogen-bond acceptors (Lipinski definition) is 3. The summed E-state index contributed by atoms with van der Waals surface area (Å²) in [7, 11) is -3.26. The Bertz CT molecular complexity index is 781. The number of sulfonamides is 1. The number of nitrogens with zero attached hydrogens (tertiary/aromatic N) is 1. The second-order valence-electron chi connectivity index (χ2n) is 5.85. The summed E-state index contributed by atoms with van der Waals surface area (Å²) >= 11 is 0. The number of para-hydroxylation sites is 1. The van der Waals surface area contributed by atoms with Crippen molar-refractivity contribution >= 4 is 26.8 Å². The zero-order valence-corrected chi connectivity index (χ0v) is 14.5. The SMILES string of the molecule is CC(C)N(CCNC(=O)Cc1c[nH]c2ccccc12)S(C)(=O)=O. The van der Waals surface area contributed by atoms with Gasteiger partial charge in [0.05, 0.1) is 12.7 Å². The maximum Gasteiger partial charge on any atom is 0.224 e. The fourth-order valence-electron chi connectivity index (χ4n) is 2.63. The number of amides is 1. The van der Waals surface area contributed by atoms with Crippen LogP contribution < -0.4 is 5.32 Å². The van der Waals surface area contributed by atoms with Crippen LogP contribution in [-0.2, 0) is 21.2 Å². The molecule has 0 saturated carbocycles. The van der Waals surface area contributed by atoms with Crippen molar-refractivity contribution in [2.24, 2.45) is 0 Å². The number of benzene rings is 1. The quantitative estimate of drug-likeness (QED) is 0.803. The minimum Gasteiger partial charge on any atom is -0.361 e. The first kappa shape index (κ1) is 17.5. The number of aromatic amines is 1. The molecule has 0 atom stereocenters. The van der Waals surface area contributed by atoms with Crippen molar-refractivity contribution in [1.29, 1.82) is 0 Å². The monoisotopic (exact) mass is 337 g/mol. The zero-order valence-electron chi connectivity index (χ0n) is 13.7. The minimum atomic E-state index is -3.26. The van der Waals surface area contributed by atoms with E-state index in [4.69, 9.17) is 0 Å². The topological polar surface area (TPSA) is 82.3 Å². The number of H-pyrrole nitrogens is 1. The molecule has 0 radical (unpaired) electrons. The first-order valence-corrected chi connectivity index (χ1v) is 9.42. The lowest BCUT2D eigenvalue weighted by Crippen LogP contribution is -2.42. The fraction of sp³-hybridized carbons (Fsp3) is 0.438. The Morgan fingerprint density at radius 2 is 2.00 bits per heavy atom. The molecule has 1 heterocycles. The van der Waals surface area contributed by atoms with Crippen molar-refractivity contribution < 1.29 is 13.2 Å². The lowest BCUT2D eigenvalue weighted by Gasteiger charge is -2.23. The molecular formula is C16H23N3O3S. The molecule has 23 heavy (non-hydrogen) atoms. The molecule has 6 nitrogen and oxygen atoms in total. The number of nitrogens with one attached hydrogen (secondary N) is 2. The number of aromatic nitrogens is 1. The van der Waals surface area contributed by atoms with E-state index in [0.717, 1.165) is 16.5 Å². The summed E-state index contributed by atoms with van der Waals surface area (Å²) in [6, 6.07) is 7.68. The van der Waals surface area contributed by atoms with Crippen molar-refractivity contribution in [3.05, 3.63) is 36.0 Å². The molecule has 2 N–H and O–H groups in total. The van der Waals surface area contributed by atoms with Gasteiger partial charge in [0.15, 0.2) is 0 Å². The first-order valence-electron chi connectivity index (χ1n) is 7.57. The van der Waals surface area contributed by atoms with Gasteiger partial charge in [0, 0.05) is 36.2 Å². The van der Waals surface area contributed by atoms with Gasteiger partial charge in [-0.3, -0.25) is 4.79 Å². The van der Waals surface area contributed by atoms with Gasteiger partial charge in [0.25, 0.3) is 0 Å².